The van der Waals surface area contributed by atoms with Gasteiger partial charge in [0.1, 0.15) is 5.75 Å². The Balaban J connectivity index is 2.08. The molecule has 2 N–H and O–H groups in total. The molecule has 114 valence electrons. The average molecular weight is 371 g/mol. The number of carbonyl (C=O) groups is 1. The summed E-state index contributed by atoms with van der Waals surface area (Å²) in [5.74, 6) is 0.722. The molecular weight excluding hydrogens is 352 g/mol. The van der Waals surface area contributed by atoms with Crippen LogP contribution in [0.3, 0.4) is 0 Å². The Morgan fingerprint density at radius 3 is 2.90 bits per heavy atom. The van der Waals surface area contributed by atoms with Gasteiger partial charge < -0.3 is 15.4 Å². The molecule has 21 heavy (non-hydrogen) atoms. The number of rotatable bonds is 5. The smallest absolute Gasteiger partial charge is 0.265 e. The number of anilines is 1. The first kappa shape index (κ1) is 16.2. The van der Waals surface area contributed by atoms with Gasteiger partial charge in [0.15, 0.2) is 6.61 Å². The number of hydrogen-bond donors (Lipinski definition) is 1. The van der Waals surface area contributed by atoms with Gasteiger partial charge in [-0.25, -0.2) is 0 Å². The van der Waals surface area contributed by atoms with Crippen molar-refractivity contribution >= 4 is 44.7 Å². The van der Waals surface area contributed by atoms with Crippen molar-refractivity contribution in [2.75, 3.05) is 18.1 Å². The molecule has 0 unspecified atom stereocenters. The second-order valence-electron chi connectivity index (χ2n) is 5.80. The van der Waals surface area contributed by atoms with Gasteiger partial charge in [-0.05, 0) is 31.0 Å². The number of halogens is 1. The molecular formula is C15H19BrN2O2S. The van der Waals surface area contributed by atoms with E-state index in [2.05, 4.69) is 15.9 Å². The van der Waals surface area contributed by atoms with Gasteiger partial charge in [0.25, 0.3) is 5.91 Å². The van der Waals surface area contributed by atoms with Gasteiger partial charge in [0, 0.05) is 16.4 Å². The normalized spacial score (nSPS) is 14.6. The highest BCUT2D eigenvalue weighted by Gasteiger charge is 2.27. The molecule has 0 saturated carbocycles. The van der Waals surface area contributed by atoms with Crippen LogP contribution in [0.15, 0.2) is 22.7 Å². The molecule has 1 amide bonds. The molecule has 6 heteroatoms. The minimum absolute atomic E-state index is 0.0197. The highest BCUT2D eigenvalue weighted by atomic mass is 79.9. The van der Waals surface area contributed by atoms with Gasteiger partial charge in [-0.3, -0.25) is 4.79 Å². The highest BCUT2D eigenvalue weighted by molar-refractivity contribution is 9.10. The number of nitrogens with two attached hydrogens (primary N) is 1. The Bertz CT molecular complexity index is 575. The summed E-state index contributed by atoms with van der Waals surface area (Å²) in [6.45, 7) is 4.78. The van der Waals surface area contributed by atoms with Gasteiger partial charge in [0.2, 0.25) is 0 Å². The Labute approximate surface area is 138 Å². The minimum Gasteiger partial charge on any atom is -0.482 e. The first-order valence-electron chi connectivity index (χ1n) is 6.84. The monoisotopic (exact) mass is 370 g/mol. The van der Waals surface area contributed by atoms with Crippen LogP contribution in [0.4, 0.5) is 5.69 Å². The number of benzene rings is 1. The molecule has 0 bridgehead atoms. The predicted molar refractivity (Wildman–Crippen MR) is 91.8 cm³/mol. The summed E-state index contributed by atoms with van der Waals surface area (Å²) in [6, 6.07) is 5.69. The van der Waals surface area contributed by atoms with Crippen molar-refractivity contribution in [1.29, 1.82) is 0 Å². The fourth-order valence-electron chi connectivity index (χ4n) is 2.22. The maximum Gasteiger partial charge on any atom is 0.265 e. The largest absolute Gasteiger partial charge is 0.482 e. The Kier molecular flexibility index (Phi) is 4.88. The number of hydrogen-bond acceptors (Lipinski definition) is 3. The molecule has 0 aliphatic carbocycles. The summed E-state index contributed by atoms with van der Waals surface area (Å²) in [6.07, 6.45) is 1.68. The molecule has 0 radical (unpaired) electrons. The van der Waals surface area contributed by atoms with E-state index in [9.17, 15) is 4.79 Å². The van der Waals surface area contributed by atoms with Crippen LogP contribution in [-0.2, 0) is 4.79 Å². The van der Waals surface area contributed by atoms with E-state index in [1.807, 2.05) is 32.0 Å². The van der Waals surface area contributed by atoms with E-state index in [4.69, 9.17) is 22.7 Å². The third kappa shape index (κ3) is 3.74. The molecule has 0 aromatic heterocycles. The quantitative estimate of drug-likeness (QED) is 0.808. The number of carbonyl (C=O) groups excluding carboxylic acids is 1. The first-order valence-corrected chi connectivity index (χ1v) is 8.04. The summed E-state index contributed by atoms with van der Waals surface area (Å²) < 4.78 is 6.38. The van der Waals surface area contributed by atoms with Crippen LogP contribution >= 0.6 is 28.1 Å². The summed E-state index contributed by atoms with van der Waals surface area (Å²) in [4.78, 5) is 14.4. The van der Waals surface area contributed by atoms with Crippen LogP contribution in [0.1, 0.15) is 26.7 Å². The Morgan fingerprint density at radius 2 is 2.24 bits per heavy atom. The molecule has 1 aromatic rings. The van der Waals surface area contributed by atoms with E-state index >= 15 is 0 Å². The molecule has 2 rings (SSSR count). The van der Waals surface area contributed by atoms with Gasteiger partial charge in [-0.1, -0.05) is 42.0 Å². The van der Waals surface area contributed by atoms with Crippen molar-refractivity contribution in [2.24, 2.45) is 11.1 Å². The average Bonchev–Trinajstić information content (AvgIpc) is 2.41. The third-order valence-corrected chi connectivity index (χ3v) is 4.76. The Hall–Kier alpha value is -1.14. The van der Waals surface area contributed by atoms with Gasteiger partial charge >= 0.3 is 0 Å². The van der Waals surface area contributed by atoms with Crippen molar-refractivity contribution in [3.8, 4) is 5.75 Å². The number of fused-ring (bicyclic) bond motifs is 1. The fourth-order valence-corrected chi connectivity index (χ4v) is 2.67. The Morgan fingerprint density at radius 1 is 1.52 bits per heavy atom. The van der Waals surface area contributed by atoms with Crippen LogP contribution in [0.2, 0.25) is 0 Å². The van der Waals surface area contributed by atoms with Crippen molar-refractivity contribution in [3.63, 3.8) is 0 Å². The number of nitrogens with zero attached hydrogens (tertiary/aromatic N) is 1. The lowest BCUT2D eigenvalue weighted by atomic mass is 9.88. The SMILES string of the molecule is CC(C)(CCCN1C(=O)COc2ccc(Br)cc21)C(N)=S. The van der Waals surface area contributed by atoms with Crippen molar-refractivity contribution in [1.82, 2.24) is 0 Å². The van der Waals surface area contributed by atoms with E-state index in [0.29, 0.717) is 11.5 Å². The molecule has 4 nitrogen and oxygen atoms in total. The zero-order valence-corrected chi connectivity index (χ0v) is 14.6. The molecule has 1 aliphatic heterocycles. The molecule has 1 aromatic carbocycles. The van der Waals surface area contributed by atoms with E-state index in [-0.39, 0.29) is 17.9 Å². The zero-order chi connectivity index (χ0) is 15.6. The summed E-state index contributed by atoms with van der Waals surface area (Å²) in [7, 11) is 0. The predicted octanol–water partition coefficient (Wildman–Crippen LogP) is 3.27. The lowest BCUT2D eigenvalue weighted by Crippen LogP contribution is -2.40. The molecule has 0 saturated heterocycles. The number of ether oxygens (including phenoxy) is 1. The first-order chi connectivity index (χ1) is 9.81. The van der Waals surface area contributed by atoms with Crippen LogP contribution in [-0.4, -0.2) is 24.0 Å². The molecule has 0 spiro atoms. The van der Waals surface area contributed by atoms with Gasteiger partial charge in [-0.15, -0.1) is 0 Å². The van der Waals surface area contributed by atoms with Crippen molar-refractivity contribution in [3.05, 3.63) is 22.7 Å². The van der Waals surface area contributed by atoms with Crippen molar-refractivity contribution in [2.45, 2.75) is 26.7 Å². The van der Waals surface area contributed by atoms with Crippen LogP contribution in [0.25, 0.3) is 0 Å². The molecule has 0 atom stereocenters. The zero-order valence-electron chi connectivity index (χ0n) is 12.2. The van der Waals surface area contributed by atoms with E-state index in [1.54, 1.807) is 4.90 Å². The van der Waals surface area contributed by atoms with E-state index < -0.39 is 0 Å². The summed E-state index contributed by atoms with van der Waals surface area (Å²) in [5.41, 5.74) is 6.36. The number of thiocarbonyl (C=S) groups is 1. The fraction of sp³-hybridized carbons (Fsp3) is 0.467. The maximum atomic E-state index is 12.1. The molecule has 0 fully saturated rings. The molecule has 1 heterocycles. The summed E-state index contributed by atoms with van der Waals surface area (Å²) in [5, 5.41) is 0. The van der Waals surface area contributed by atoms with E-state index in [0.717, 1.165) is 28.8 Å². The lowest BCUT2D eigenvalue weighted by molar-refractivity contribution is -0.121. The summed E-state index contributed by atoms with van der Waals surface area (Å²) >= 11 is 8.51. The molecule has 1 aliphatic rings. The maximum absolute atomic E-state index is 12.1. The number of amides is 1. The van der Waals surface area contributed by atoms with Crippen LogP contribution < -0.4 is 15.4 Å². The van der Waals surface area contributed by atoms with Gasteiger partial charge in [-0.2, -0.15) is 0 Å². The van der Waals surface area contributed by atoms with Crippen LogP contribution in [0.5, 0.6) is 5.75 Å². The van der Waals surface area contributed by atoms with Crippen molar-refractivity contribution < 1.29 is 9.53 Å². The minimum atomic E-state index is -0.190. The third-order valence-electron chi connectivity index (χ3n) is 3.71. The second-order valence-corrected chi connectivity index (χ2v) is 7.15. The van der Waals surface area contributed by atoms with E-state index in [1.165, 1.54) is 0 Å². The standard InChI is InChI=1S/C15H19BrN2O2S/c1-15(2,14(17)21)6-3-7-18-11-8-10(16)4-5-12(11)20-9-13(18)19/h4-5,8H,3,6-7,9H2,1-2H3,(H2,17,21). The topological polar surface area (TPSA) is 55.6 Å². The van der Waals surface area contributed by atoms with Gasteiger partial charge in [0.05, 0.1) is 10.7 Å². The second kappa shape index (κ2) is 6.32. The lowest BCUT2D eigenvalue weighted by Gasteiger charge is -2.31. The highest BCUT2D eigenvalue weighted by Crippen LogP contribution is 2.35. The van der Waals surface area contributed by atoms with Crippen LogP contribution in [0, 0.1) is 5.41 Å².